The fourth-order valence-electron chi connectivity index (χ4n) is 4.66. The number of rotatable bonds is 4. The van der Waals surface area contributed by atoms with Crippen molar-refractivity contribution in [2.45, 2.75) is 31.2 Å². The van der Waals surface area contributed by atoms with Gasteiger partial charge in [-0.2, -0.15) is 0 Å². The van der Waals surface area contributed by atoms with E-state index in [4.69, 9.17) is 0 Å². The van der Waals surface area contributed by atoms with E-state index in [1.54, 1.807) is 28.0 Å². The van der Waals surface area contributed by atoms with Gasteiger partial charge in [0, 0.05) is 29.1 Å². The van der Waals surface area contributed by atoms with E-state index in [0.29, 0.717) is 35.2 Å². The predicted octanol–water partition coefficient (Wildman–Crippen LogP) is 5.93. The Morgan fingerprint density at radius 2 is 1.76 bits per heavy atom. The lowest BCUT2D eigenvalue weighted by atomic mass is 10.0. The Morgan fingerprint density at radius 1 is 1.06 bits per heavy atom. The molecular formula is C27H26FN3O2S. The van der Waals surface area contributed by atoms with Crippen LogP contribution in [0.4, 0.5) is 20.6 Å². The van der Waals surface area contributed by atoms with Gasteiger partial charge < -0.3 is 10.2 Å². The van der Waals surface area contributed by atoms with Gasteiger partial charge in [-0.3, -0.25) is 9.69 Å². The fourth-order valence-corrected chi connectivity index (χ4v) is 6.13. The Hall–Kier alpha value is -3.32. The van der Waals surface area contributed by atoms with Crippen LogP contribution in [-0.4, -0.2) is 29.1 Å². The first-order valence-corrected chi connectivity index (χ1v) is 12.4. The lowest BCUT2D eigenvalue weighted by Crippen LogP contribution is -2.51. The highest BCUT2D eigenvalue weighted by Gasteiger charge is 2.59. The molecule has 0 bridgehead atoms. The maximum atomic E-state index is 14.4. The Morgan fingerprint density at radius 3 is 2.50 bits per heavy atom. The molecule has 2 heterocycles. The van der Waals surface area contributed by atoms with Gasteiger partial charge in [0.15, 0.2) is 4.87 Å². The summed E-state index contributed by atoms with van der Waals surface area (Å²) < 4.78 is 14.4. The Kier molecular flexibility index (Phi) is 5.81. The molecule has 2 aliphatic heterocycles. The highest BCUT2D eigenvalue weighted by Crippen LogP contribution is 2.54. The number of para-hydroxylation sites is 1. The van der Waals surface area contributed by atoms with Crippen LogP contribution in [0.1, 0.15) is 36.5 Å². The first-order valence-electron chi connectivity index (χ1n) is 11.4. The van der Waals surface area contributed by atoms with Gasteiger partial charge in [-0.05, 0) is 35.7 Å². The Labute approximate surface area is 202 Å². The molecule has 174 valence electrons. The van der Waals surface area contributed by atoms with Crippen LogP contribution in [0.5, 0.6) is 0 Å². The summed E-state index contributed by atoms with van der Waals surface area (Å²) >= 11 is 1.46. The van der Waals surface area contributed by atoms with Crippen molar-refractivity contribution in [2.75, 3.05) is 22.5 Å². The lowest BCUT2D eigenvalue weighted by molar-refractivity contribution is -0.123. The molecule has 7 heteroatoms. The van der Waals surface area contributed by atoms with Crippen molar-refractivity contribution >= 4 is 35.1 Å². The molecule has 1 unspecified atom stereocenters. The van der Waals surface area contributed by atoms with Crippen LogP contribution in [0, 0.1) is 5.82 Å². The maximum Gasteiger partial charge on any atom is 0.323 e. The third-order valence-electron chi connectivity index (χ3n) is 6.46. The van der Waals surface area contributed by atoms with E-state index in [-0.39, 0.29) is 24.3 Å². The number of halogens is 1. The number of urea groups is 1. The molecule has 3 aromatic rings. The number of hydrogen-bond acceptors (Lipinski definition) is 3. The molecule has 0 aromatic heterocycles. The number of thioether (sulfide) groups is 1. The molecule has 34 heavy (non-hydrogen) atoms. The molecule has 5 nitrogen and oxygen atoms in total. The average Bonchev–Trinajstić information content (AvgIpc) is 3.38. The van der Waals surface area contributed by atoms with Gasteiger partial charge >= 0.3 is 6.03 Å². The second kappa shape index (κ2) is 8.80. The summed E-state index contributed by atoms with van der Waals surface area (Å²) in [6.45, 7) is 4.79. The number of carbonyl (C=O) groups excluding carboxylic acids is 2. The number of nitrogens with zero attached hydrogens (tertiary/aromatic N) is 2. The van der Waals surface area contributed by atoms with E-state index >= 15 is 0 Å². The van der Waals surface area contributed by atoms with Crippen LogP contribution in [0.25, 0.3) is 0 Å². The largest absolute Gasteiger partial charge is 0.323 e. The summed E-state index contributed by atoms with van der Waals surface area (Å²) in [5.74, 6) is 0.459. The molecule has 3 amide bonds. The fraction of sp³-hybridized carbons (Fsp3) is 0.259. The minimum atomic E-state index is -1.16. The first-order chi connectivity index (χ1) is 16.4. The number of nitrogens with one attached hydrogen (secondary N) is 1. The van der Waals surface area contributed by atoms with Gasteiger partial charge in [-0.25, -0.2) is 9.18 Å². The summed E-state index contributed by atoms with van der Waals surface area (Å²) in [6.07, 6.45) is 0. The van der Waals surface area contributed by atoms with Gasteiger partial charge in [0.1, 0.15) is 5.82 Å². The molecule has 0 saturated carbocycles. The zero-order chi connectivity index (χ0) is 23.9. The van der Waals surface area contributed by atoms with Gasteiger partial charge in [0.05, 0.1) is 12.2 Å². The zero-order valence-corrected chi connectivity index (χ0v) is 19.9. The zero-order valence-electron chi connectivity index (χ0n) is 19.1. The smallest absolute Gasteiger partial charge is 0.308 e. The number of carbonyl (C=O) groups is 2. The normalized spacial score (nSPS) is 19.2. The van der Waals surface area contributed by atoms with E-state index in [0.717, 1.165) is 5.56 Å². The van der Waals surface area contributed by atoms with Crippen molar-refractivity contribution in [3.8, 4) is 0 Å². The average molecular weight is 476 g/mol. The Balaban J connectivity index is 1.47. The first kappa shape index (κ1) is 22.5. The summed E-state index contributed by atoms with van der Waals surface area (Å²) in [6, 6.07) is 21.4. The Bertz CT molecular complexity index is 1250. The van der Waals surface area contributed by atoms with E-state index in [1.807, 2.05) is 48.5 Å². The number of amides is 3. The SMILES string of the molecule is CC(C)c1ccc(NC(=O)N2CCSC23C(=O)N(Cc2ccccc2F)c2ccccc23)cc1. The van der Waals surface area contributed by atoms with Crippen LogP contribution in [0.3, 0.4) is 0 Å². The second-order valence-electron chi connectivity index (χ2n) is 8.85. The lowest BCUT2D eigenvalue weighted by Gasteiger charge is -2.33. The molecule has 2 aliphatic rings. The molecule has 1 saturated heterocycles. The highest BCUT2D eigenvalue weighted by molar-refractivity contribution is 8.01. The predicted molar refractivity (Wildman–Crippen MR) is 134 cm³/mol. The second-order valence-corrected chi connectivity index (χ2v) is 10.1. The summed E-state index contributed by atoms with van der Waals surface area (Å²) in [5, 5.41) is 2.97. The van der Waals surface area contributed by atoms with Gasteiger partial charge in [0.2, 0.25) is 0 Å². The summed E-state index contributed by atoms with van der Waals surface area (Å²) in [4.78, 5) is 29.4. The van der Waals surface area contributed by atoms with Crippen molar-refractivity contribution in [1.82, 2.24) is 4.90 Å². The van der Waals surface area contributed by atoms with Crippen LogP contribution >= 0.6 is 11.8 Å². The maximum absolute atomic E-state index is 14.4. The standard InChI is InChI=1S/C27H26FN3O2S/c1-18(2)19-11-13-21(14-12-19)29-26(33)31-15-16-34-27(31)22-8-4-6-10-24(22)30(25(27)32)17-20-7-3-5-9-23(20)28/h3-14,18H,15-17H2,1-2H3,(H,29,33). The molecule has 1 fully saturated rings. The molecular weight excluding hydrogens is 449 g/mol. The summed E-state index contributed by atoms with van der Waals surface area (Å²) in [7, 11) is 0. The molecule has 3 aromatic carbocycles. The molecule has 1 N–H and O–H groups in total. The minimum absolute atomic E-state index is 0.108. The number of benzene rings is 3. The van der Waals surface area contributed by atoms with Gasteiger partial charge in [0.25, 0.3) is 5.91 Å². The molecule has 1 spiro atoms. The van der Waals surface area contributed by atoms with Crippen molar-refractivity contribution in [3.63, 3.8) is 0 Å². The molecule has 1 atom stereocenters. The van der Waals surface area contributed by atoms with Gasteiger partial charge in [-0.1, -0.05) is 62.4 Å². The van der Waals surface area contributed by atoms with E-state index in [1.165, 1.54) is 23.4 Å². The summed E-state index contributed by atoms with van der Waals surface area (Å²) in [5.41, 5.74) is 3.79. The van der Waals surface area contributed by atoms with Crippen LogP contribution in [-0.2, 0) is 16.2 Å². The van der Waals surface area contributed by atoms with Crippen molar-refractivity contribution < 1.29 is 14.0 Å². The van der Waals surface area contributed by atoms with E-state index in [2.05, 4.69) is 19.2 Å². The molecule has 5 rings (SSSR count). The van der Waals surface area contributed by atoms with E-state index in [9.17, 15) is 14.0 Å². The van der Waals surface area contributed by atoms with Crippen LogP contribution in [0.15, 0.2) is 72.8 Å². The quantitative estimate of drug-likeness (QED) is 0.509. The topological polar surface area (TPSA) is 52.7 Å². The van der Waals surface area contributed by atoms with Crippen molar-refractivity contribution in [3.05, 3.63) is 95.3 Å². The minimum Gasteiger partial charge on any atom is -0.308 e. The van der Waals surface area contributed by atoms with Crippen molar-refractivity contribution in [2.24, 2.45) is 0 Å². The van der Waals surface area contributed by atoms with Crippen LogP contribution < -0.4 is 10.2 Å². The number of hydrogen-bond donors (Lipinski definition) is 1. The van der Waals surface area contributed by atoms with Gasteiger partial charge in [-0.15, -0.1) is 11.8 Å². The molecule has 0 radical (unpaired) electrons. The number of anilines is 2. The van der Waals surface area contributed by atoms with E-state index < -0.39 is 4.87 Å². The van der Waals surface area contributed by atoms with Crippen LogP contribution in [0.2, 0.25) is 0 Å². The monoisotopic (exact) mass is 475 g/mol. The highest BCUT2D eigenvalue weighted by atomic mass is 32.2. The third-order valence-corrected chi connectivity index (χ3v) is 7.88. The molecule has 0 aliphatic carbocycles. The third kappa shape index (κ3) is 3.64. The van der Waals surface area contributed by atoms with Crippen molar-refractivity contribution in [1.29, 1.82) is 0 Å². The number of fused-ring (bicyclic) bond motifs is 2.